The topological polar surface area (TPSA) is 241 Å². The molecule has 1 aliphatic heterocycles. The van der Waals surface area contributed by atoms with Crippen molar-refractivity contribution in [1.29, 1.82) is 5.41 Å². The van der Waals surface area contributed by atoms with E-state index in [1.165, 1.54) is 16.7 Å². The van der Waals surface area contributed by atoms with Gasteiger partial charge in [-0.3, -0.25) is 24.6 Å². The highest BCUT2D eigenvalue weighted by Gasteiger charge is 2.38. The van der Waals surface area contributed by atoms with E-state index in [-0.39, 0.29) is 31.9 Å². The SMILES string of the molecule is CSCC[C@H](NC(=O)[C@H](CCCNC(=N)N)NC(=O)[C@@H](N)CC(=O)O)C(=O)N1CCC[C@H]1C(=O)O. The van der Waals surface area contributed by atoms with Gasteiger partial charge in [0.25, 0.3) is 0 Å². The standard InChI is InChI=1S/C20H35N7O7S/c1-35-9-6-13(18(32)27-8-3-5-14(27)19(33)34)26-17(31)12(4-2-7-24-20(22)23)25-16(30)11(21)10-15(28)29/h11-14H,2-10,21H2,1H3,(H,25,30)(H,26,31)(H,28,29)(H,33,34)(H4,22,23,24)/t11-,12-,13-,14-/m0/s1. The molecule has 4 atom stereocenters. The molecule has 0 saturated carbocycles. The molecule has 0 aromatic rings. The molecule has 198 valence electrons. The Bertz CT molecular complexity index is 798. The van der Waals surface area contributed by atoms with Gasteiger partial charge in [-0.15, -0.1) is 0 Å². The number of hydrogen-bond acceptors (Lipinski definition) is 8. The van der Waals surface area contributed by atoms with Crippen LogP contribution in [-0.2, 0) is 24.0 Å². The van der Waals surface area contributed by atoms with Crippen LogP contribution in [0.3, 0.4) is 0 Å². The second-order valence-electron chi connectivity index (χ2n) is 8.12. The Kier molecular flexibility index (Phi) is 12.9. The van der Waals surface area contributed by atoms with E-state index in [1.807, 2.05) is 6.26 Å². The molecule has 14 nitrogen and oxygen atoms in total. The van der Waals surface area contributed by atoms with Crippen LogP contribution in [0.5, 0.6) is 0 Å². The van der Waals surface area contributed by atoms with Crippen LogP contribution in [0, 0.1) is 5.41 Å². The molecule has 1 aliphatic rings. The molecule has 0 spiro atoms. The zero-order chi connectivity index (χ0) is 26.5. The van der Waals surface area contributed by atoms with E-state index in [0.717, 1.165) is 0 Å². The number of amides is 3. The molecule has 1 heterocycles. The summed E-state index contributed by atoms with van der Waals surface area (Å²) in [5.74, 6) is -4.17. The zero-order valence-electron chi connectivity index (χ0n) is 19.6. The number of carbonyl (C=O) groups excluding carboxylic acids is 3. The molecule has 0 aliphatic carbocycles. The average molecular weight is 518 g/mol. The van der Waals surface area contributed by atoms with E-state index in [4.69, 9.17) is 22.0 Å². The number of carboxylic acid groups (broad SMARTS) is 2. The number of rotatable bonds is 15. The molecule has 35 heavy (non-hydrogen) atoms. The Morgan fingerprint density at radius 3 is 2.34 bits per heavy atom. The van der Waals surface area contributed by atoms with Gasteiger partial charge in [0.05, 0.1) is 12.5 Å². The first-order chi connectivity index (χ1) is 16.5. The highest BCUT2D eigenvalue weighted by molar-refractivity contribution is 7.98. The highest BCUT2D eigenvalue weighted by atomic mass is 32.2. The van der Waals surface area contributed by atoms with E-state index < -0.39 is 60.2 Å². The maximum absolute atomic E-state index is 13.1. The molecule has 1 saturated heterocycles. The quantitative estimate of drug-likeness (QED) is 0.0661. The van der Waals surface area contributed by atoms with Gasteiger partial charge in [-0.1, -0.05) is 0 Å². The van der Waals surface area contributed by atoms with Crippen LogP contribution < -0.4 is 27.4 Å². The average Bonchev–Trinajstić information content (AvgIpc) is 3.27. The van der Waals surface area contributed by atoms with Crippen molar-refractivity contribution in [2.45, 2.75) is 62.7 Å². The number of carboxylic acids is 2. The van der Waals surface area contributed by atoms with Crippen LogP contribution in [0.2, 0.25) is 0 Å². The molecule has 1 rings (SSSR count). The summed E-state index contributed by atoms with van der Waals surface area (Å²) >= 11 is 1.45. The molecule has 1 fully saturated rings. The van der Waals surface area contributed by atoms with Crippen molar-refractivity contribution in [2.75, 3.05) is 25.1 Å². The third-order valence-electron chi connectivity index (χ3n) is 5.40. The van der Waals surface area contributed by atoms with E-state index in [0.29, 0.717) is 25.0 Å². The normalized spacial score (nSPS) is 17.7. The Hall–Kier alpha value is -3.07. The van der Waals surface area contributed by atoms with Gasteiger partial charge in [-0.05, 0) is 44.1 Å². The molecule has 10 N–H and O–H groups in total. The minimum absolute atomic E-state index is 0.0859. The van der Waals surface area contributed by atoms with Gasteiger partial charge in [0.1, 0.15) is 18.1 Å². The van der Waals surface area contributed by atoms with Gasteiger partial charge in [0.2, 0.25) is 17.7 Å². The summed E-state index contributed by atoms with van der Waals surface area (Å²) in [5.41, 5.74) is 10.8. The maximum atomic E-state index is 13.1. The first kappa shape index (κ1) is 30.0. The number of nitrogens with two attached hydrogens (primary N) is 2. The first-order valence-electron chi connectivity index (χ1n) is 11.2. The highest BCUT2D eigenvalue weighted by Crippen LogP contribution is 2.20. The predicted molar refractivity (Wildman–Crippen MR) is 129 cm³/mol. The number of nitrogens with one attached hydrogen (secondary N) is 4. The number of thioether (sulfide) groups is 1. The van der Waals surface area contributed by atoms with E-state index >= 15 is 0 Å². The Morgan fingerprint density at radius 2 is 1.77 bits per heavy atom. The van der Waals surface area contributed by atoms with Gasteiger partial charge in [-0.2, -0.15) is 11.8 Å². The number of aliphatic carboxylic acids is 2. The lowest BCUT2D eigenvalue weighted by atomic mass is 10.1. The van der Waals surface area contributed by atoms with Crippen molar-refractivity contribution in [3.63, 3.8) is 0 Å². The number of likely N-dealkylation sites (tertiary alicyclic amines) is 1. The first-order valence-corrected chi connectivity index (χ1v) is 12.6. The number of guanidine groups is 1. The summed E-state index contributed by atoms with van der Waals surface area (Å²) in [5, 5.41) is 33.1. The molecule has 0 aromatic heterocycles. The summed E-state index contributed by atoms with van der Waals surface area (Å²) in [6, 6.07) is -4.49. The third kappa shape index (κ3) is 10.4. The van der Waals surface area contributed by atoms with Crippen LogP contribution >= 0.6 is 11.8 Å². The smallest absolute Gasteiger partial charge is 0.326 e. The van der Waals surface area contributed by atoms with Crippen LogP contribution in [0.4, 0.5) is 0 Å². The molecular weight excluding hydrogens is 482 g/mol. The number of carbonyl (C=O) groups is 5. The lowest BCUT2D eigenvalue weighted by Crippen LogP contribution is -2.57. The van der Waals surface area contributed by atoms with Gasteiger partial charge in [-0.25, -0.2) is 4.79 Å². The van der Waals surface area contributed by atoms with Gasteiger partial charge < -0.3 is 42.5 Å². The monoisotopic (exact) mass is 517 g/mol. The summed E-state index contributed by atoms with van der Waals surface area (Å²) in [4.78, 5) is 62.2. The molecule has 0 aromatic carbocycles. The predicted octanol–water partition coefficient (Wildman–Crippen LogP) is -2.15. The lowest BCUT2D eigenvalue weighted by molar-refractivity contribution is -0.149. The van der Waals surface area contributed by atoms with Crippen LogP contribution in [0.15, 0.2) is 0 Å². The maximum Gasteiger partial charge on any atom is 0.326 e. The Balaban J connectivity index is 2.98. The lowest BCUT2D eigenvalue weighted by Gasteiger charge is -2.29. The second kappa shape index (κ2) is 15.0. The van der Waals surface area contributed by atoms with Crippen molar-refractivity contribution in [2.24, 2.45) is 11.5 Å². The van der Waals surface area contributed by atoms with E-state index in [9.17, 15) is 29.1 Å². The minimum Gasteiger partial charge on any atom is -0.481 e. The molecule has 15 heteroatoms. The molecule has 3 amide bonds. The number of nitrogens with zero attached hydrogens (tertiary/aromatic N) is 1. The van der Waals surface area contributed by atoms with Gasteiger partial charge >= 0.3 is 11.9 Å². The van der Waals surface area contributed by atoms with Crippen LogP contribution in [0.1, 0.15) is 38.5 Å². The zero-order valence-corrected chi connectivity index (χ0v) is 20.4. The summed E-state index contributed by atoms with van der Waals surface area (Å²) in [6.45, 7) is 0.501. The van der Waals surface area contributed by atoms with Crippen LogP contribution in [0.25, 0.3) is 0 Å². The number of hydrogen-bond donors (Lipinski definition) is 8. The molecule has 0 unspecified atom stereocenters. The summed E-state index contributed by atoms with van der Waals surface area (Å²) in [7, 11) is 0. The van der Waals surface area contributed by atoms with Gasteiger partial charge in [0, 0.05) is 13.1 Å². The van der Waals surface area contributed by atoms with Crippen molar-refractivity contribution < 1.29 is 34.2 Å². The Labute approximate surface area is 207 Å². The molecular formula is C20H35N7O7S. The third-order valence-corrected chi connectivity index (χ3v) is 6.04. The summed E-state index contributed by atoms with van der Waals surface area (Å²) < 4.78 is 0. The molecule has 0 radical (unpaired) electrons. The van der Waals surface area contributed by atoms with Gasteiger partial charge in [0.15, 0.2) is 5.96 Å². The van der Waals surface area contributed by atoms with E-state index in [1.54, 1.807) is 0 Å². The second-order valence-corrected chi connectivity index (χ2v) is 9.10. The van der Waals surface area contributed by atoms with Crippen molar-refractivity contribution in [1.82, 2.24) is 20.9 Å². The minimum atomic E-state index is -1.38. The van der Waals surface area contributed by atoms with Crippen molar-refractivity contribution in [3.8, 4) is 0 Å². The van der Waals surface area contributed by atoms with Crippen LogP contribution in [-0.4, -0.2) is 100.0 Å². The Morgan fingerprint density at radius 1 is 1.11 bits per heavy atom. The van der Waals surface area contributed by atoms with Crippen molar-refractivity contribution in [3.05, 3.63) is 0 Å². The summed E-state index contributed by atoms with van der Waals surface area (Å²) in [6.07, 6.45) is 2.70. The van der Waals surface area contributed by atoms with Crippen molar-refractivity contribution >= 4 is 47.4 Å². The fourth-order valence-corrected chi connectivity index (χ4v) is 4.08. The largest absolute Gasteiger partial charge is 0.481 e. The fraction of sp³-hybridized carbons (Fsp3) is 0.700. The molecule has 0 bridgehead atoms. The van der Waals surface area contributed by atoms with E-state index in [2.05, 4.69) is 16.0 Å². The fourth-order valence-electron chi connectivity index (χ4n) is 3.61.